The van der Waals surface area contributed by atoms with Crippen LogP contribution in [-0.4, -0.2) is 24.4 Å². The zero-order chi connectivity index (χ0) is 13.9. The Morgan fingerprint density at radius 2 is 1.94 bits per heavy atom. The molecule has 0 aliphatic rings. The largest absolute Gasteiger partial charge is 0.496 e. The van der Waals surface area contributed by atoms with Gasteiger partial charge in [-0.1, -0.05) is 6.58 Å². The topological polar surface area (TPSA) is 38.7 Å². The van der Waals surface area contributed by atoms with E-state index in [-0.39, 0.29) is 6.61 Å². The number of hydrogen-bond donors (Lipinski definition) is 1. The van der Waals surface area contributed by atoms with Crippen molar-refractivity contribution in [2.24, 2.45) is 0 Å². The second-order valence-corrected chi connectivity index (χ2v) is 5.12. The van der Waals surface area contributed by atoms with E-state index in [0.717, 1.165) is 28.2 Å². The van der Waals surface area contributed by atoms with Gasteiger partial charge in [0.2, 0.25) is 0 Å². The summed E-state index contributed by atoms with van der Waals surface area (Å²) in [6, 6.07) is 3.83. The summed E-state index contributed by atoms with van der Waals surface area (Å²) >= 11 is 0. The molecule has 0 saturated heterocycles. The zero-order valence-electron chi connectivity index (χ0n) is 11.8. The van der Waals surface area contributed by atoms with Gasteiger partial charge in [-0.3, -0.25) is 0 Å². The summed E-state index contributed by atoms with van der Waals surface area (Å²) in [4.78, 5) is 0. The molecule has 0 fully saturated rings. The Kier molecular flexibility index (Phi) is 4.41. The van der Waals surface area contributed by atoms with E-state index in [1.807, 2.05) is 39.8 Å². The van der Waals surface area contributed by atoms with Gasteiger partial charge < -0.3 is 14.6 Å². The van der Waals surface area contributed by atoms with Crippen LogP contribution in [0.15, 0.2) is 18.7 Å². The molecule has 0 heterocycles. The number of aryl methyl sites for hydroxylation is 1. The summed E-state index contributed by atoms with van der Waals surface area (Å²) in [6.07, 6.45) is 0. The average molecular weight is 250 g/mol. The van der Waals surface area contributed by atoms with Crippen molar-refractivity contribution in [3.63, 3.8) is 0 Å². The maximum absolute atomic E-state index is 9.28. The molecule has 0 aliphatic heterocycles. The summed E-state index contributed by atoms with van der Waals surface area (Å²) < 4.78 is 11.2. The van der Waals surface area contributed by atoms with Gasteiger partial charge in [-0.05, 0) is 51.0 Å². The highest BCUT2D eigenvalue weighted by Gasteiger charge is 2.21. The van der Waals surface area contributed by atoms with Gasteiger partial charge in [0.1, 0.15) is 17.1 Å². The van der Waals surface area contributed by atoms with Crippen molar-refractivity contribution in [1.82, 2.24) is 0 Å². The first-order valence-corrected chi connectivity index (χ1v) is 5.95. The summed E-state index contributed by atoms with van der Waals surface area (Å²) in [5.74, 6) is 1.53. The third-order valence-electron chi connectivity index (χ3n) is 2.72. The van der Waals surface area contributed by atoms with E-state index < -0.39 is 5.60 Å². The molecule has 0 amide bonds. The number of benzene rings is 1. The van der Waals surface area contributed by atoms with Gasteiger partial charge >= 0.3 is 0 Å². The molecule has 0 aliphatic carbocycles. The number of methoxy groups -OCH3 is 1. The normalized spacial score (nSPS) is 11.2. The van der Waals surface area contributed by atoms with Crippen LogP contribution in [0.5, 0.6) is 11.5 Å². The van der Waals surface area contributed by atoms with Crippen LogP contribution in [-0.2, 0) is 0 Å². The van der Waals surface area contributed by atoms with Crippen LogP contribution in [0.4, 0.5) is 0 Å². The van der Waals surface area contributed by atoms with E-state index in [9.17, 15) is 5.11 Å². The standard InChI is InChI=1S/C15H22O3/c1-10(2)12-8-13(17-6)11(3)7-14(12)18-15(4,5)9-16/h7-8,16H,1,9H2,2-6H3. The highest BCUT2D eigenvalue weighted by molar-refractivity contribution is 5.69. The second kappa shape index (κ2) is 5.44. The fraction of sp³-hybridized carbons (Fsp3) is 0.467. The Morgan fingerprint density at radius 1 is 1.33 bits per heavy atom. The number of aliphatic hydroxyl groups excluding tert-OH is 1. The molecule has 0 atom stereocenters. The van der Waals surface area contributed by atoms with Gasteiger partial charge in [0.05, 0.1) is 13.7 Å². The second-order valence-electron chi connectivity index (χ2n) is 5.12. The third kappa shape index (κ3) is 3.26. The number of allylic oxidation sites excluding steroid dienone is 1. The van der Waals surface area contributed by atoms with E-state index in [2.05, 4.69) is 6.58 Å². The van der Waals surface area contributed by atoms with Gasteiger partial charge in [-0.15, -0.1) is 0 Å². The minimum atomic E-state index is -0.620. The molecule has 3 nitrogen and oxygen atoms in total. The van der Waals surface area contributed by atoms with Gasteiger partial charge in [0.25, 0.3) is 0 Å². The lowest BCUT2D eigenvalue weighted by Crippen LogP contribution is -2.32. The molecule has 0 unspecified atom stereocenters. The molecular formula is C15H22O3. The molecule has 0 bridgehead atoms. The van der Waals surface area contributed by atoms with Gasteiger partial charge in [0, 0.05) is 5.56 Å². The van der Waals surface area contributed by atoms with Gasteiger partial charge in [-0.25, -0.2) is 0 Å². The van der Waals surface area contributed by atoms with Crippen LogP contribution in [0.1, 0.15) is 31.9 Å². The molecule has 1 rings (SSSR count). The summed E-state index contributed by atoms with van der Waals surface area (Å²) in [7, 11) is 1.64. The predicted octanol–water partition coefficient (Wildman–Crippen LogP) is 3.19. The van der Waals surface area contributed by atoms with Crippen molar-refractivity contribution in [2.75, 3.05) is 13.7 Å². The average Bonchev–Trinajstić information content (AvgIpc) is 2.28. The smallest absolute Gasteiger partial charge is 0.128 e. The SMILES string of the molecule is C=C(C)c1cc(OC)c(C)cc1OC(C)(C)CO. The van der Waals surface area contributed by atoms with E-state index >= 15 is 0 Å². The quantitative estimate of drug-likeness (QED) is 0.872. The number of aliphatic hydroxyl groups is 1. The van der Waals surface area contributed by atoms with Crippen molar-refractivity contribution >= 4 is 5.57 Å². The third-order valence-corrected chi connectivity index (χ3v) is 2.72. The van der Waals surface area contributed by atoms with Gasteiger partial charge in [-0.2, -0.15) is 0 Å². The Hall–Kier alpha value is -1.48. The lowest BCUT2D eigenvalue weighted by Gasteiger charge is -2.26. The van der Waals surface area contributed by atoms with Crippen LogP contribution >= 0.6 is 0 Å². The highest BCUT2D eigenvalue weighted by Crippen LogP contribution is 2.34. The molecule has 3 heteroatoms. The monoisotopic (exact) mass is 250 g/mol. The molecule has 0 saturated carbocycles. The first kappa shape index (κ1) is 14.6. The molecule has 100 valence electrons. The maximum Gasteiger partial charge on any atom is 0.128 e. The van der Waals surface area contributed by atoms with Crippen LogP contribution in [0, 0.1) is 6.92 Å². The number of ether oxygens (including phenoxy) is 2. The fourth-order valence-electron chi connectivity index (χ4n) is 1.63. The Balaban J connectivity index is 3.25. The lowest BCUT2D eigenvalue weighted by molar-refractivity contribution is 0.0409. The van der Waals surface area contributed by atoms with Gasteiger partial charge in [0.15, 0.2) is 0 Å². The Bertz CT molecular complexity index is 447. The minimum absolute atomic E-state index is 0.0479. The van der Waals surface area contributed by atoms with E-state index in [4.69, 9.17) is 9.47 Å². The summed E-state index contributed by atoms with van der Waals surface area (Å²) in [5.41, 5.74) is 2.17. The molecule has 0 radical (unpaired) electrons. The highest BCUT2D eigenvalue weighted by atomic mass is 16.5. The maximum atomic E-state index is 9.28. The molecule has 18 heavy (non-hydrogen) atoms. The first-order valence-electron chi connectivity index (χ1n) is 5.95. The van der Waals surface area contributed by atoms with Crippen molar-refractivity contribution < 1.29 is 14.6 Å². The van der Waals surface area contributed by atoms with Crippen LogP contribution in [0.3, 0.4) is 0 Å². The van der Waals surface area contributed by atoms with Crippen molar-refractivity contribution in [2.45, 2.75) is 33.3 Å². The van der Waals surface area contributed by atoms with Crippen molar-refractivity contribution in [3.05, 3.63) is 29.8 Å². The van der Waals surface area contributed by atoms with Crippen LogP contribution in [0.2, 0.25) is 0 Å². The van der Waals surface area contributed by atoms with E-state index in [1.54, 1.807) is 7.11 Å². The summed E-state index contributed by atoms with van der Waals surface area (Å²) in [6.45, 7) is 11.5. The molecule has 1 N–H and O–H groups in total. The summed E-state index contributed by atoms with van der Waals surface area (Å²) in [5, 5.41) is 9.28. The Morgan fingerprint density at radius 3 is 2.39 bits per heavy atom. The van der Waals surface area contributed by atoms with E-state index in [0.29, 0.717) is 0 Å². The lowest BCUT2D eigenvalue weighted by atomic mass is 10.0. The molecule has 0 aromatic heterocycles. The minimum Gasteiger partial charge on any atom is -0.496 e. The first-order chi connectivity index (χ1) is 8.30. The zero-order valence-corrected chi connectivity index (χ0v) is 11.8. The molecule has 1 aromatic rings. The predicted molar refractivity (Wildman–Crippen MR) is 74.2 cm³/mol. The van der Waals surface area contributed by atoms with Crippen molar-refractivity contribution in [1.29, 1.82) is 0 Å². The molecule has 1 aromatic carbocycles. The number of hydrogen-bond acceptors (Lipinski definition) is 3. The van der Waals surface area contributed by atoms with E-state index in [1.165, 1.54) is 0 Å². The Labute approximate surface area is 109 Å². The molecular weight excluding hydrogens is 228 g/mol. The van der Waals surface area contributed by atoms with Crippen LogP contribution in [0.25, 0.3) is 5.57 Å². The fourth-order valence-corrected chi connectivity index (χ4v) is 1.63. The number of rotatable bonds is 5. The molecule has 0 spiro atoms. The van der Waals surface area contributed by atoms with Crippen LogP contribution < -0.4 is 9.47 Å². The van der Waals surface area contributed by atoms with Crippen molar-refractivity contribution in [3.8, 4) is 11.5 Å².